The van der Waals surface area contributed by atoms with Crippen molar-refractivity contribution in [3.63, 3.8) is 0 Å². The van der Waals surface area contributed by atoms with Gasteiger partial charge in [-0.05, 0) is 67.5 Å². The molecule has 39 heavy (non-hydrogen) atoms. The second kappa shape index (κ2) is 11.6. The number of methoxy groups -OCH3 is 2. The first-order valence-corrected chi connectivity index (χ1v) is 13.9. The predicted octanol–water partition coefficient (Wildman–Crippen LogP) is 4.60. The molecule has 0 amide bonds. The Morgan fingerprint density at radius 2 is 1.56 bits per heavy atom. The molecule has 2 aromatic carbocycles. The third-order valence-corrected chi connectivity index (χ3v) is 8.53. The average Bonchev–Trinajstić information content (AvgIpc) is 2.92. The van der Waals surface area contributed by atoms with Crippen LogP contribution in [0.3, 0.4) is 0 Å². The van der Waals surface area contributed by atoms with E-state index in [2.05, 4.69) is 29.2 Å². The molecule has 3 aliphatic rings. The molecule has 2 fully saturated rings. The first-order valence-electron chi connectivity index (χ1n) is 13.9. The molecule has 6 atom stereocenters. The van der Waals surface area contributed by atoms with Gasteiger partial charge in [0, 0.05) is 49.5 Å². The Labute approximate surface area is 230 Å². The third kappa shape index (κ3) is 5.63. The van der Waals surface area contributed by atoms with E-state index in [0.29, 0.717) is 19.3 Å². The lowest BCUT2D eigenvalue weighted by Gasteiger charge is -2.54. The number of nitrogens with zero attached hydrogens (tertiary/aromatic N) is 1. The highest BCUT2D eigenvalue weighted by atomic mass is 16.6. The minimum atomic E-state index is -0.788. The molecular formula is C31H39NO7. The maximum Gasteiger partial charge on any atom is 0.302 e. The van der Waals surface area contributed by atoms with Crippen LogP contribution in [0.2, 0.25) is 0 Å². The van der Waals surface area contributed by atoms with E-state index in [1.165, 1.54) is 13.8 Å². The van der Waals surface area contributed by atoms with E-state index in [9.17, 15) is 14.7 Å². The van der Waals surface area contributed by atoms with Gasteiger partial charge in [0.25, 0.3) is 0 Å². The molecule has 2 aromatic rings. The van der Waals surface area contributed by atoms with Crippen molar-refractivity contribution in [2.24, 2.45) is 0 Å². The van der Waals surface area contributed by atoms with Crippen LogP contribution in [0.15, 0.2) is 36.4 Å². The molecule has 0 aliphatic carbocycles. The summed E-state index contributed by atoms with van der Waals surface area (Å²) in [4.78, 5) is 26.5. The highest BCUT2D eigenvalue weighted by molar-refractivity contribution is 5.77. The van der Waals surface area contributed by atoms with Crippen molar-refractivity contribution >= 4 is 11.9 Å². The topological polar surface area (TPSA) is 94.5 Å². The number of aliphatic hydroxyl groups excluding tert-OH is 1. The summed E-state index contributed by atoms with van der Waals surface area (Å²) in [5.41, 5.74) is 4.03. The molecule has 1 N–H and O–H groups in total. The first-order chi connectivity index (χ1) is 18.8. The summed E-state index contributed by atoms with van der Waals surface area (Å²) >= 11 is 0. The maximum absolute atomic E-state index is 12.1. The van der Waals surface area contributed by atoms with Gasteiger partial charge in [-0.3, -0.25) is 14.5 Å². The first kappa shape index (κ1) is 27.5. The van der Waals surface area contributed by atoms with Gasteiger partial charge in [0.05, 0.1) is 14.2 Å². The van der Waals surface area contributed by atoms with E-state index in [1.807, 2.05) is 12.1 Å². The van der Waals surface area contributed by atoms with Crippen molar-refractivity contribution in [3.05, 3.63) is 47.5 Å². The van der Waals surface area contributed by atoms with Gasteiger partial charge in [0.1, 0.15) is 29.8 Å². The zero-order chi connectivity index (χ0) is 27.7. The summed E-state index contributed by atoms with van der Waals surface area (Å²) in [7, 11) is 3.33. The molecule has 210 valence electrons. The van der Waals surface area contributed by atoms with Gasteiger partial charge in [0.15, 0.2) is 0 Å². The number of piperidine rings is 2. The standard InChI is InChI=1S/C31H39NO7/c1-18(33)38-23-11-8-20-9-12-28(36-3)24(14-20)25-15-21(10-13-29(25)37-4)27-17-30(39-19(2)34)31(35)26-7-5-6-22(16-23)32(26)27/h9-10,12-15,22-23,26-27,30-31,35H,5-8,11,16-17H2,1-4H3/t22-,23+,26-,27+,30+,31-/m0/s1. The van der Waals surface area contributed by atoms with Crippen LogP contribution in [0.25, 0.3) is 11.1 Å². The number of ether oxygens (including phenoxy) is 4. The average molecular weight is 538 g/mol. The molecule has 0 radical (unpaired) electrons. The van der Waals surface area contributed by atoms with Crippen molar-refractivity contribution < 1.29 is 33.6 Å². The number of fused-ring (bicyclic) bond motifs is 6. The second-order valence-corrected chi connectivity index (χ2v) is 11.0. The summed E-state index contributed by atoms with van der Waals surface area (Å²) in [6, 6.07) is 12.2. The lowest BCUT2D eigenvalue weighted by atomic mass is 9.78. The van der Waals surface area contributed by atoms with Crippen molar-refractivity contribution in [2.45, 2.75) is 95.2 Å². The number of carbonyl (C=O) groups excluding carboxylic acids is 2. The number of hydrogen-bond donors (Lipinski definition) is 1. The number of carbonyl (C=O) groups is 2. The highest BCUT2D eigenvalue weighted by Gasteiger charge is 2.49. The Morgan fingerprint density at radius 1 is 0.872 bits per heavy atom. The SMILES string of the molecule is COc1ccc2cc1-c1cc(ccc1OC)[C@H]1C[C@@H](OC(C)=O)[C@@H](O)[C@@H]3CCC[C@@H](C[C@H](OC(C)=O)CC2)N13. The van der Waals surface area contributed by atoms with Crippen molar-refractivity contribution in [2.75, 3.05) is 14.2 Å². The molecule has 8 heteroatoms. The fourth-order valence-electron chi connectivity index (χ4n) is 6.93. The zero-order valence-corrected chi connectivity index (χ0v) is 23.2. The van der Waals surface area contributed by atoms with Crippen LogP contribution in [0.4, 0.5) is 0 Å². The van der Waals surface area contributed by atoms with Gasteiger partial charge in [-0.2, -0.15) is 0 Å². The molecule has 0 aromatic heterocycles. The van der Waals surface area contributed by atoms with Crippen LogP contribution in [-0.2, 0) is 25.5 Å². The fourth-order valence-corrected chi connectivity index (χ4v) is 6.93. The van der Waals surface area contributed by atoms with Crippen LogP contribution in [0.5, 0.6) is 11.5 Å². The summed E-state index contributed by atoms with van der Waals surface area (Å²) in [6.45, 7) is 2.85. The lowest BCUT2D eigenvalue weighted by molar-refractivity contribution is -0.175. The molecular weight excluding hydrogens is 498 g/mol. The van der Waals surface area contributed by atoms with Crippen LogP contribution in [0, 0.1) is 0 Å². The number of aliphatic hydroxyl groups is 1. The van der Waals surface area contributed by atoms with E-state index in [0.717, 1.165) is 59.4 Å². The van der Waals surface area contributed by atoms with E-state index >= 15 is 0 Å². The van der Waals surface area contributed by atoms with Crippen LogP contribution >= 0.6 is 0 Å². The fraction of sp³-hybridized carbons (Fsp3) is 0.548. The summed E-state index contributed by atoms with van der Waals surface area (Å²) in [5.74, 6) is 0.803. The van der Waals surface area contributed by atoms with E-state index in [-0.39, 0.29) is 30.2 Å². The molecule has 8 nitrogen and oxygen atoms in total. The van der Waals surface area contributed by atoms with Gasteiger partial charge in [-0.25, -0.2) is 0 Å². The molecule has 0 unspecified atom stereocenters. The molecule has 0 spiro atoms. The Morgan fingerprint density at radius 3 is 2.26 bits per heavy atom. The van der Waals surface area contributed by atoms with Crippen LogP contribution in [-0.4, -0.2) is 66.6 Å². The number of esters is 2. The normalized spacial score (nSPS) is 28.5. The Bertz CT molecular complexity index is 1210. The smallest absolute Gasteiger partial charge is 0.302 e. The summed E-state index contributed by atoms with van der Waals surface area (Å²) in [6.07, 6.45) is 3.65. The van der Waals surface area contributed by atoms with Gasteiger partial charge >= 0.3 is 11.9 Å². The van der Waals surface area contributed by atoms with Crippen LogP contribution < -0.4 is 9.47 Å². The van der Waals surface area contributed by atoms with Gasteiger partial charge < -0.3 is 24.1 Å². The lowest BCUT2D eigenvalue weighted by Crippen LogP contribution is -2.61. The monoisotopic (exact) mass is 537 g/mol. The van der Waals surface area contributed by atoms with Crippen molar-refractivity contribution in [1.29, 1.82) is 0 Å². The number of benzene rings is 2. The zero-order valence-electron chi connectivity index (χ0n) is 23.2. The van der Waals surface area contributed by atoms with Gasteiger partial charge in [0.2, 0.25) is 0 Å². The Kier molecular flexibility index (Phi) is 8.14. The quantitative estimate of drug-likeness (QED) is 0.566. The minimum absolute atomic E-state index is 0.106. The molecule has 4 bridgehead atoms. The highest BCUT2D eigenvalue weighted by Crippen LogP contribution is 2.46. The molecule has 2 saturated heterocycles. The number of aryl methyl sites for hydroxylation is 1. The summed E-state index contributed by atoms with van der Waals surface area (Å²) in [5, 5.41) is 11.4. The minimum Gasteiger partial charge on any atom is -0.496 e. The maximum atomic E-state index is 12.1. The molecule has 0 saturated carbocycles. The third-order valence-electron chi connectivity index (χ3n) is 8.53. The number of rotatable bonds is 4. The van der Waals surface area contributed by atoms with E-state index < -0.39 is 18.2 Å². The Balaban J connectivity index is 1.68. The summed E-state index contributed by atoms with van der Waals surface area (Å²) < 4.78 is 23.1. The van der Waals surface area contributed by atoms with E-state index in [4.69, 9.17) is 18.9 Å². The van der Waals surface area contributed by atoms with Gasteiger partial charge in [-0.15, -0.1) is 0 Å². The number of hydrogen-bond acceptors (Lipinski definition) is 8. The van der Waals surface area contributed by atoms with E-state index in [1.54, 1.807) is 14.2 Å². The second-order valence-electron chi connectivity index (χ2n) is 11.0. The Hall–Kier alpha value is -3.10. The molecule has 5 rings (SSSR count). The molecule has 3 heterocycles. The van der Waals surface area contributed by atoms with Gasteiger partial charge in [-0.1, -0.05) is 18.6 Å². The predicted molar refractivity (Wildman–Crippen MR) is 146 cm³/mol. The van der Waals surface area contributed by atoms with Crippen molar-refractivity contribution in [3.8, 4) is 22.6 Å². The van der Waals surface area contributed by atoms with Crippen molar-refractivity contribution in [1.82, 2.24) is 4.90 Å². The largest absolute Gasteiger partial charge is 0.496 e. The van der Waals surface area contributed by atoms with Crippen LogP contribution in [0.1, 0.15) is 69.5 Å². The molecule has 3 aliphatic heterocycles.